The predicted octanol–water partition coefficient (Wildman–Crippen LogP) is 7.25. The lowest BCUT2D eigenvalue weighted by Gasteiger charge is -2.49. The van der Waals surface area contributed by atoms with Crippen LogP contribution in [0.5, 0.6) is 0 Å². The molecule has 4 heteroatoms. The first-order valence-electron chi connectivity index (χ1n) is 15.9. The lowest BCUT2D eigenvalue weighted by atomic mass is 9.60. The summed E-state index contributed by atoms with van der Waals surface area (Å²) in [6.07, 6.45) is 4.52. The zero-order chi connectivity index (χ0) is 30.3. The van der Waals surface area contributed by atoms with E-state index in [2.05, 4.69) is 48.5 Å². The summed E-state index contributed by atoms with van der Waals surface area (Å²) in [5, 5.41) is 44.1. The molecule has 4 atom stereocenters. The van der Waals surface area contributed by atoms with Crippen molar-refractivity contribution in [2.45, 2.75) is 68.3 Å². The maximum atomic E-state index is 13.6. The molecule has 0 aliphatic rings. The van der Waals surface area contributed by atoms with E-state index in [1.54, 1.807) is 0 Å². The normalized spacial score (nSPS) is 15.7. The van der Waals surface area contributed by atoms with E-state index in [4.69, 9.17) is 0 Å². The smallest absolute Gasteiger partial charge is 0.0815 e. The molecule has 0 spiro atoms. The minimum absolute atomic E-state index is 0.0380. The molecule has 4 aromatic rings. The minimum Gasteiger partial charge on any atom is -0.396 e. The van der Waals surface area contributed by atoms with E-state index in [1.807, 2.05) is 72.8 Å². The molecule has 0 bridgehead atoms. The zero-order valence-electron chi connectivity index (χ0n) is 25.2. The highest BCUT2D eigenvalue weighted by Gasteiger charge is 2.50. The maximum Gasteiger partial charge on any atom is 0.0815 e. The Hall–Kier alpha value is -3.28. The molecule has 43 heavy (non-hydrogen) atoms. The fourth-order valence-corrected chi connectivity index (χ4v) is 6.99. The molecule has 4 aromatic carbocycles. The molecule has 228 valence electrons. The van der Waals surface area contributed by atoms with Crippen molar-refractivity contribution in [3.8, 4) is 0 Å². The van der Waals surface area contributed by atoms with Gasteiger partial charge in [0.05, 0.1) is 5.60 Å². The van der Waals surface area contributed by atoms with Gasteiger partial charge in [-0.05, 0) is 73.1 Å². The monoisotopic (exact) mass is 580 g/mol. The van der Waals surface area contributed by atoms with Crippen LogP contribution in [0, 0.1) is 5.92 Å². The van der Waals surface area contributed by atoms with Crippen molar-refractivity contribution in [1.29, 1.82) is 0 Å². The molecule has 0 saturated carbocycles. The van der Waals surface area contributed by atoms with E-state index < -0.39 is 5.60 Å². The van der Waals surface area contributed by atoms with Gasteiger partial charge in [-0.1, -0.05) is 121 Å². The van der Waals surface area contributed by atoms with Crippen LogP contribution >= 0.6 is 0 Å². The molecule has 0 heterocycles. The van der Waals surface area contributed by atoms with E-state index in [0.717, 1.165) is 28.7 Å². The molecule has 4 rings (SSSR count). The van der Waals surface area contributed by atoms with Gasteiger partial charge in [0.15, 0.2) is 0 Å². The number of benzene rings is 4. The Balaban J connectivity index is 1.87. The molecule has 4 nitrogen and oxygen atoms in total. The van der Waals surface area contributed by atoms with Crippen LogP contribution in [-0.2, 0) is 6.42 Å². The summed E-state index contributed by atoms with van der Waals surface area (Å²) in [6, 6.07) is 41.0. The van der Waals surface area contributed by atoms with Crippen LogP contribution in [0.4, 0.5) is 0 Å². The van der Waals surface area contributed by atoms with Crippen LogP contribution in [0.2, 0.25) is 0 Å². The van der Waals surface area contributed by atoms with E-state index in [1.165, 1.54) is 0 Å². The standard InChI is InChI=1S/C39H48O4/c40-27-13-23-37(33-19-9-3-10-20-33)39(43,38(24-14-28-41)34-21-11-4-12-22-34)36(29-31-15-5-1-6-16-31)26-25-35(30-42)32-17-7-2-8-18-32/h1-12,15-22,35-38,40-43H,13-14,23-30H2. The minimum atomic E-state index is -1.21. The van der Waals surface area contributed by atoms with Gasteiger partial charge >= 0.3 is 0 Å². The van der Waals surface area contributed by atoms with Crippen molar-refractivity contribution in [1.82, 2.24) is 0 Å². The molecule has 4 unspecified atom stereocenters. The van der Waals surface area contributed by atoms with Crippen LogP contribution in [-0.4, -0.2) is 45.8 Å². The molecule has 0 radical (unpaired) electrons. The van der Waals surface area contributed by atoms with Gasteiger partial charge in [0.1, 0.15) is 0 Å². The maximum absolute atomic E-state index is 13.6. The van der Waals surface area contributed by atoms with Crippen LogP contribution < -0.4 is 0 Å². The third-order valence-corrected chi connectivity index (χ3v) is 9.16. The summed E-state index contributed by atoms with van der Waals surface area (Å²) in [5.41, 5.74) is 3.17. The van der Waals surface area contributed by atoms with Crippen molar-refractivity contribution in [3.63, 3.8) is 0 Å². The highest BCUT2D eigenvalue weighted by atomic mass is 16.3. The summed E-state index contributed by atoms with van der Waals surface area (Å²) >= 11 is 0. The first-order chi connectivity index (χ1) is 21.1. The third-order valence-electron chi connectivity index (χ3n) is 9.16. The highest BCUT2D eigenvalue weighted by Crippen LogP contribution is 2.51. The van der Waals surface area contributed by atoms with Crippen LogP contribution in [0.3, 0.4) is 0 Å². The lowest BCUT2D eigenvalue weighted by molar-refractivity contribution is -0.0775. The second-order valence-electron chi connectivity index (χ2n) is 11.8. The molecule has 4 N–H and O–H groups in total. The van der Waals surface area contributed by atoms with Gasteiger partial charge in [0, 0.05) is 37.6 Å². The van der Waals surface area contributed by atoms with E-state index >= 15 is 0 Å². The summed E-state index contributed by atoms with van der Waals surface area (Å²) in [5.74, 6) is -0.699. The average molecular weight is 581 g/mol. The summed E-state index contributed by atoms with van der Waals surface area (Å²) in [7, 11) is 0. The second kappa shape index (κ2) is 17.1. The first-order valence-corrected chi connectivity index (χ1v) is 15.9. The Morgan fingerprint density at radius 3 is 1.33 bits per heavy atom. The largest absolute Gasteiger partial charge is 0.396 e. The van der Waals surface area contributed by atoms with Crippen molar-refractivity contribution in [2.75, 3.05) is 19.8 Å². The first kappa shape index (κ1) is 32.6. The Bertz CT molecular complexity index is 1230. The Morgan fingerprint density at radius 1 is 0.488 bits per heavy atom. The summed E-state index contributed by atoms with van der Waals surface area (Å²) in [6.45, 7) is 0.145. The van der Waals surface area contributed by atoms with E-state index in [0.29, 0.717) is 38.5 Å². The van der Waals surface area contributed by atoms with Gasteiger partial charge in [-0.2, -0.15) is 0 Å². The molecular formula is C39H48O4. The van der Waals surface area contributed by atoms with Crippen LogP contribution in [0.1, 0.15) is 78.5 Å². The Morgan fingerprint density at radius 2 is 0.907 bits per heavy atom. The Labute approximate surface area is 257 Å². The number of hydrogen-bond donors (Lipinski definition) is 4. The van der Waals surface area contributed by atoms with E-state index in [-0.39, 0.29) is 43.5 Å². The molecule has 0 amide bonds. The molecule has 0 aromatic heterocycles. The predicted molar refractivity (Wildman–Crippen MR) is 175 cm³/mol. The lowest BCUT2D eigenvalue weighted by Crippen LogP contribution is -2.50. The van der Waals surface area contributed by atoms with Gasteiger partial charge in [0.25, 0.3) is 0 Å². The van der Waals surface area contributed by atoms with E-state index in [9.17, 15) is 20.4 Å². The van der Waals surface area contributed by atoms with Gasteiger partial charge in [-0.25, -0.2) is 0 Å². The van der Waals surface area contributed by atoms with Crippen molar-refractivity contribution < 1.29 is 20.4 Å². The second-order valence-corrected chi connectivity index (χ2v) is 11.8. The fraction of sp³-hybridized carbons (Fsp3) is 0.385. The Kier molecular flexibility index (Phi) is 13.0. The number of aliphatic hydroxyl groups is 4. The molecule has 0 aliphatic carbocycles. The molecule has 0 aliphatic heterocycles. The van der Waals surface area contributed by atoms with Gasteiger partial charge in [0.2, 0.25) is 0 Å². The number of hydrogen-bond acceptors (Lipinski definition) is 4. The molecule has 0 fully saturated rings. The molecule has 0 saturated heterocycles. The van der Waals surface area contributed by atoms with Crippen molar-refractivity contribution in [2.24, 2.45) is 5.92 Å². The topological polar surface area (TPSA) is 80.9 Å². The number of rotatable bonds is 18. The summed E-state index contributed by atoms with van der Waals surface area (Å²) in [4.78, 5) is 0. The van der Waals surface area contributed by atoms with Crippen LogP contribution in [0.25, 0.3) is 0 Å². The number of aliphatic hydroxyl groups excluding tert-OH is 3. The van der Waals surface area contributed by atoms with Crippen molar-refractivity contribution >= 4 is 0 Å². The third kappa shape index (κ3) is 8.64. The average Bonchev–Trinajstić information content (AvgIpc) is 3.06. The van der Waals surface area contributed by atoms with Gasteiger partial charge < -0.3 is 20.4 Å². The summed E-state index contributed by atoms with van der Waals surface area (Å²) < 4.78 is 0. The van der Waals surface area contributed by atoms with Gasteiger partial charge in [-0.3, -0.25) is 0 Å². The van der Waals surface area contributed by atoms with Crippen LogP contribution in [0.15, 0.2) is 121 Å². The quantitative estimate of drug-likeness (QED) is 0.1000. The zero-order valence-corrected chi connectivity index (χ0v) is 25.2. The SMILES string of the molecule is OCCCC(c1ccccc1)C(O)(C(CCC(CO)c1ccccc1)Cc1ccccc1)C(CCCO)c1ccccc1. The van der Waals surface area contributed by atoms with Gasteiger partial charge in [-0.15, -0.1) is 0 Å². The molecular weight excluding hydrogens is 532 g/mol. The van der Waals surface area contributed by atoms with Crippen molar-refractivity contribution in [3.05, 3.63) is 144 Å². The highest BCUT2D eigenvalue weighted by molar-refractivity contribution is 5.32. The fourth-order valence-electron chi connectivity index (χ4n) is 6.99.